The summed E-state index contributed by atoms with van der Waals surface area (Å²) in [6.45, 7) is 9.48. The van der Waals surface area contributed by atoms with E-state index in [1.807, 2.05) is 13.2 Å². The predicted molar refractivity (Wildman–Crippen MR) is 103 cm³/mol. The topological polar surface area (TPSA) is 73.0 Å². The van der Waals surface area contributed by atoms with Gasteiger partial charge in [-0.05, 0) is 48.4 Å². The van der Waals surface area contributed by atoms with E-state index in [2.05, 4.69) is 49.9 Å². The van der Waals surface area contributed by atoms with Gasteiger partial charge in [0.05, 0.1) is 10.0 Å². The van der Waals surface area contributed by atoms with Crippen LogP contribution in [0.1, 0.15) is 48.0 Å². The van der Waals surface area contributed by atoms with Crippen LogP contribution in [0.15, 0.2) is 14.0 Å². The van der Waals surface area contributed by atoms with Gasteiger partial charge in [-0.1, -0.05) is 25.6 Å². The molecule has 0 atom stereocenters. The number of rotatable bonds is 8. The number of hydrogen-bond acceptors (Lipinski definition) is 5. The summed E-state index contributed by atoms with van der Waals surface area (Å²) >= 11 is 5.02. The maximum atomic E-state index is 12.3. The molecule has 0 saturated carbocycles. The second-order valence-electron chi connectivity index (χ2n) is 6.37. The van der Waals surface area contributed by atoms with E-state index in [1.165, 1.54) is 0 Å². The molecule has 0 radical (unpaired) electrons. The van der Waals surface area contributed by atoms with E-state index in [1.54, 1.807) is 18.7 Å². The third-order valence-corrected chi connectivity index (χ3v) is 5.42. The molecule has 138 valence electrons. The summed E-state index contributed by atoms with van der Waals surface area (Å²) in [6, 6.07) is 0. The fourth-order valence-corrected chi connectivity index (χ4v) is 3.72. The van der Waals surface area contributed by atoms with Gasteiger partial charge in [-0.25, -0.2) is 0 Å². The molecule has 0 saturated heterocycles. The number of aryl methyl sites for hydroxylation is 3. The normalized spacial score (nSPS) is 11.3. The Morgan fingerprint density at radius 3 is 2.60 bits per heavy atom. The fraction of sp³-hybridized carbons (Fsp3) is 0.588. The minimum Gasteiger partial charge on any atom is -0.465 e. The van der Waals surface area contributed by atoms with E-state index in [-0.39, 0.29) is 5.91 Å². The predicted octanol–water partition coefficient (Wildman–Crippen LogP) is 3.99. The Labute approximate surface area is 161 Å². The molecule has 0 aliphatic rings. The average molecular weight is 429 g/mol. The van der Waals surface area contributed by atoms with Crippen molar-refractivity contribution >= 4 is 33.6 Å². The van der Waals surface area contributed by atoms with Crippen molar-refractivity contribution in [3.05, 3.63) is 27.4 Å². The SMILES string of the molecule is CSc1nnc(CCCNC(=O)c2c(C)oc(C)c2Br)n1CC(C)C. The second-order valence-corrected chi connectivity index (χ2v) is 7.94. The molecule has 0 bridgehead atoms. The number of carbonyl (C=O) groups is 1. The first-order chi connectivity index (χ1) is 11.8. The molecule has 0 spiro atoms. The summed E-state index contributed by atoms with van der Waals surface area (Å²) in [7, 11) is 0. The summed E-state index contributed by atoms with van der Waals surface area (Å²) in [5.74, 6) is 2.74. The number of amides is 1. The van der Waals surface area contributed by atoms with Gasteiger partial charge >= 0.3 is 0 Å². The molecule has 0 aromatic carbocycles. The molecule has 2 rings (SSSR count). The average Bonchev–Trinajstić information content (AvgIpc) is 3.03. The van der Waals surface area contributed by atoms with Crippen LogP contribution in [0.25, 0.3) is 0 Å². The largest absolute Gasteiger partial charge is 0.465 e. The third-order valence-electron chi connectivity index (χ3n) is 3.80. The van der Waals surface area contributed by atoms with Gasteiger partial charge in [-0.2, -0.15) is 0 Å². The monoisotopic (exact) mass is 428 g/mol. The van der Waals surface area contributed by atoms with Gasteiger partial charge in [0, 0.05) is 19.5 Å². The van der Waals surface area contributed by atoms with E-state index in [9.17, 15) is 4.79 Å². The number of carbonyl (C=O) groups excluding carboxylic acids is 1. The van der Waals surface area contributed by atoms with Gasteiger partial charge in [0.15, 0.2) is 5.16 Å². The van der Waals surface area contributed by atoms with Gasteiger partial charge in [0.25, 0.3) is 5.91 Å². The van der Waals surface area contributed by atoms with Crippen LogP contribution in [-0.4, -0.2) is 33.5 Å². The molecule has 1 N–H and O–H groups in total. The molecule has 0 aliphatic heterocycles. The summed E-state index contributed by atoms with van der Waals surface area (Å²) in [6.07, 6.45) is 3.60. The molecule has 8 heteroatoms. The van der Waals surface area contributed by atoms with Crippen LogP contribution < -0.4 is 5.32 Å². The number of aromatic nitrogens is 3. The highest BCUT2D eigenvalue weighted by Crippen LogP contribution is 2.27. The van der Waals surface area contributed by atoms with Crippen LogP contribution in [0.3, 0.4) is 0 Å². The molecule has 0 fully saturated rings. The Hall–Kier alpha value is -1.28. The molecule has 2 aromatic heterocycles. The van der Waals surface area contributed by atoms with Gasteiger partial charge < -0.3 is 14.3 Å². The number of thioether (sulfide) groups is 1. The number of nitrogens with zero attached hydrogens (tertiary/aromatic N) is 3. The first-order valence-corrected chi connectivity index (χ1v) is 10.4. The molecular formula is C17H25BrN4O2S. The van der Waals surface area contributed by atoms with Crippen LogP contribution in [0.5, 0.6) is 0 Å². The highest BCUT2D eigenvalue weighted by atomic mass is 79.9. The van der Waals surface area contributed by atoms with E-state index >= 15 is 0 Å². The number of nitrogens with one attached hydrogen (secondary N) is 1. The lowest BCUT2D eigenvalue weighted by molar-refractivity contribution is 0.0951. The zero-order chi connectivity index (χ0) is 18.6. The van der Waals surface area contributed by atoms with E-state index in [0.717, 1.165) is 34.8 Å². The quantitative estimate of drug-likeness (QED) is 0.508. The maximum absolute atomic E-state index is 12.3. The first kappa shape index (κ1) is 20.0. The molecule has 1 amide bonds. The summed E-state index contributed by atoms with van der Waals surface area (Å²) in [4.78, 5) is 12.3. The second kappa shape index (κ2) is 8.89. The van der Waals surface area contributed by atoms with Crippen molar-refractivity contribution in [2.75, 3.05) is 12.8 Å². The fourth-order valence-electron chi connectivity index (χ4n) is 2.66. The lowest BCUT2D eigenvalue weighted by Crippen LogP contribution is -2.25. The van der Waals surface area contributed by atoms with Crippen LogP contribution in [-0.2, 0) is 13.0 Å². The van der Waals surface area contributed by atoms with Gasteiger partial charge in [0.1, 0.15) is 17.3 Å². The van der Waals surface area contributed by atoms with Crippen molar-refractivity contribution in [2.24, 2.45) is 5.92 Å². The number of hydrogen-bond donors (Lipinski definition) is 1. The van der Waals surface area contributed by atoms with Gasteiger partial charge in [0.2, 0.25) is 0 Å². The van der Waals surface area contributed by atoms with E-state index in [4.69, 9.17) is 4.42 Å². The zero-order valence-electron chi connectivity index (χ0n) is 15.4. The minimum absolute atomic E-state index is 0.116. The molecule has 25 heavy (non-hydrogen) atoms. The smallest absolute Gasteiger partial charge is 0.255 e. The Morgan fingerprint density at radius 1 is 1.32 bits per heavy atom. The molecule has 2 heterocycles. The van der Waals surface area contributed by atoms with Crippen LogP contribution in [0, 0.1) is 19.8 Å². The Morgan fingerprint density at radius 2 is 2.04 bits per heavy atom. The highest BCUT2D eigenvalue weighted by molar-refractivity contribution is 9.10. The standard InChI is InChI=1S/C17H25BrN4O2S/c1-10(2)9-22-13(20-21-17(22)25-5)7-6-8-19-16(23)14-11(3)24-12(4)15(14)18/h10H,6-9H2,1-5H3,(H,19,23). The molecule has 2 aromatic rings. The molecule has 0 unspecified atom stereocenters. The zero-order valence-corrected chi connectivity index (χ0v) is 17.8. The van der Waals surface area contributed by atoms with Crippen molar-refractivity contribution in [1.82, 2.24) is 20.1 Å². The number of furan rings is 1. The van der Waals surface area contributed by atoms with Crippen molar-refractivity contribution < 1.29 is 9.21 Å². The first-order valence-electron chi connectivity index (χ1n) is 8.34. The molecule has 6 nitrogen and oxygen atoms in total. The summed E-state index contributed by atoms with van der Waals surface area (Å²) in [5, 5.41) is 12.4. The summed E-state index contributed by atoms with van der Waals surface area (Å²) in [5.41, 5.74) is 0.574. The Bertz CT molecular complexity index is 739. The molecule has 0 aliphatic carbocycles. The van der Waals surface area contributed by atoms with Crippen LogP contribution >= 0.6 is 27.7 Å². The van der Waals surface area contributed by atoms with E-state index in [0.29, 0.717) is 29.5 Å². The van der Waals surface area contributed by atoms with Crippen molar-refractivity contribution in [3.8, 4) is 0 Å². The van der Waals surface area contributed by atoms with Crippen LogP contribution in [0.4, 0.5) is 0 Å². The van der Waals surface area contributed by atoms with Crippen molar-refractivity contribution in [3.63, 3.8) is 0 Å². The Balaban J connectivity index is 1.91. The maximum Gasteiger partial charge on any atom is 0.255 e. The van der Waals surface area contributed by atoms with Gasteiger partial charge in [-0.15, -0.1) is 10.2 Å². The Kier molecular flexibility index (Phi) is 7.13. The third kappa shape index (κ3) is 4.88. The molecular weight excluding hydrogens is 404 g/mol. The van der Waals surface area contributed by atoms with E-state index < -0.39 is 0 Å². The summed E-state index contributed by atoms with van der Waals surface area (Å²) < 4.78 is 8.38. The lowest BCUT2D eigenvalue weighted by Gasteiger charge is -2.11. The minimum atomic E-state index is -0.116. The number of halogens is 1. The van der Waals surface area contributed by atoms with Crippen molar-refractivity contribution in [2.45, 2.75) is 52.2 Å². The van der Waals surface area contributed by atoms with Crippen molar-refractivity contribution in [1.29, 1.82) is 0 Å². The van der Waals surface area contributed by atoms with Gasteiger partial charge in [-0.3, -0.25) is 4.79 Å². The highest BCUT2D eigenvalue weighted by Gasteiger charge is 2.19. The lowest BCUT2D eigenvalue weighted by atomic mass is 10.2. The van der Waals surface area contributed by atoms with Crippen LogP contribution in [0.2, 0.25) is 0 Å².